The number of nitrogens with two attached hydrogens (primary N) is 1. The molecular formula is C9H10N4O2. The zero-order valence-corrected chi connectivity index (χ0v) is 7.91. The number of quaternary nitrogens is 1. The molecule has 15 heavy (non-hydrogen) atoms. The van der Waals surface area contributed by atoms with Crippen molar-refractivity contribution in [2.75, 3.05) is 11.9 Å². The van der Waals surface area contributed by atoms with Crippen molar-refractivity contribution in [3.8, 4) is 5.75 Å². The number of hydrogen-bond acceptors (Lipinski definition) is 5. The molecule has 78 valence electrons. The molecule has 2 aliphatic heterocycles. The summed E-state index contributed by atoms with van der Waals surface area (Å²) in [5.74, 6) is 0.922. The Morgan fingerprint density at radius 3 is 3.27 bits per heavy atom. The van der Waals surface area contributed by atoms with E-state index in [0.29, 0.717) is 12.3 Å². The van der Waals surface area contributed by atoms with Crippen LogP contribution >= 0.6 is 0 Å². The summed E-state index contributed by atoms with van der Waals surface area (Å²) in [4.78, 5) is 0. The van der Waals surface area contributed by atoms with Gasteiger partial charge in [-0.25, -0.2) is 5.17 Å². The Kier molecular flexibility index (Phi) is 1.62. The Balaban J connectivity index is 2.13. The number of hydrogen-bond donors (Lipinski definition) is 3. The maximum absolute atomic E-state index is 11.5. The molecule has 2 heterocycles. The van der Waals surface area contributed by atoms with E-state index in [1.165, 1.54) is 0 Å². The Labute approximate surface area is 85.9 Å². The molecule has 6 heteroatoms. The molecule has 0 amide bonds. The molecule has 0 bridgehead atoms. The molecule has 0 aromatic heterocycles. The highest BCUT2D eigenvalue weighted by Gasteiger charge is 2.23. The predicted molar refractivity (Wildman–Crippen MR) is 54.9 cm³/mol. The fourth-order valence-electron chi connectivity index (χ4n) is 1.84. The molecule has 0 aliphatic carbocycles. The normalized spacial score (nSPS) is 22.2. The van der Waals surface area contributed by atoms with Gasteiger partial charge in [0.15, 0.2) is 5.69 Å². The third kappa shape index (κ3) is 1.23. The van der Waals surface area contributed by atoms with Gasteiger partial charge in [0.2, 0.25) is 0 Å². The summed E-state index contributed by atoms with van der Waals surface area (Å²) in [5, 5.41) is 17.7. The quantitative estimate of drug-likeness (QED) is 0.489. The number of benzene rings is 1. The number of fused-ring (bicyclic) bond motifs is 2. The van der Waals surface area contributed by atoms with E-state index in [9.17, 15) is 5.21 Å². The molecule has 1 unspecified atom stereocenters. The van der Waals surface area contributed by atoms with E-state index in [1.807, 2.05) is 6.07 Å². The van der Waals surface area contributed by atoms with Gasteiger partial charge in [0.1, 0.15) is 11.4 Å². The first kappa shape index (κ1) is 8.51. The maximum atomic E-state index is 11.5. The number of anilines is 1. The van der Waals surface area contributed by atoms with Gasteiger partial charge >= 0.3 is 0 Å². The Morgan fingerprint density at radius 1 is 1.53 bits per heavy atom. The van der Waals surface area contributed by atoms with Crippen LogP contribution in [0.15, 0.2) is 17.2 Å². The van der Waals surface area contributed by atoms with Crippen molar-refractivity contribution in [1.29, 1.82) is 0 Å². The molecule has 4 N–H and O–H groups in total. The summed E-state index contributed by atoms with van der Waals surface area (Å²) in [6, 6.07) is 3.63. The molecule has 2 aliphatic rings. The lowest BCUT2D eigenvalue weighted by atomic mass is 10.1. The summed E-state index contributed by atoms with van der Waals surface area (Å²) in [6.07, 6.45) is 0.871. The van der Waals surface area contributed by atoms with Crippen LogP contribution in [0, 0.1) is 5.21 Å². The molecule has 1 aromatic carbocycles. The molecule has 0 spiro atoms. The van der Waals surface area contributed by atoms with E-state index in [4.69, 9.17) is 10.5 Å². The largest absolute Gasteiger partial charge is 0.601 e. The van der Waals surface area contributed by atoms with Crippen molar-refractivity contribution in [2.45, 2.75) is 6.42 Å². The van der Waals surface area contributed by atoms with Gasteiger partial charge in [-0.15, -0.1) is 0 Å². The topological polar surface area (TPSA) is 87.1 Å². The summed E-state index contributed by atoms with van der Waals surface area (Å²) in [5.41, 5.74) is 7.81. The number of nitrogens with zero attached hydrogens (tertiary/aromatic N) is 1. The highest BCUT2D eigenvalue weighted by atomic mass is 16.5. The second kappa shape index (κ2) is 2.85. The van der Waals surface area contributed by atoms with Crippen molar-refractivity contribution in [3.63, 3.8) is 0 Å². The van der Waals surface area contributed by atoms with Gasteiger partial charge in [-0.1, -0.05) is 0 Å². The Hall–Kier alpha value is -1.79. The maximum Gasteiger partial charge on any atom is 0.252 e. The molecule has 1 aromatic rings. The first-order valence-electron chi connectivity index (χ1n) is 4.69. The number of guanidine groups is 1. The van der Waals surface area contributed by atoms with Crippen LogP contribution in [-0.4, -0.2) is 12.6 Å². The minimum absolute atomic E-state index is 0.145. The van der Waals surface area contributed by atoms with Crippen LogP contribution in [0.1, 0.15) is 5.56 Å². The van der Waals surface area contributed by atoms with Crippen LogP contribution in [0.5, 0.6) is 5.75 Å². The molecule has 0 saturated carbocycles. The minimum Gasteiger partial charge on any atom is -0.601 e. The summed E-state index contributed by atoms with van der Waals surface area (Å²) >= 11 is 0. The van der Waals surface area contributed by atoms with Gasteiger partial charge < -0.3 is 21.0 Å². The molecule has 0 saturated heterocycles. The zero-order chi connectivity index (χ0) is 10.4. The van der Waals surface area contributed by atoms with Gasteiger partial charge in [-0.3, -0.25) is 0 Å². The molecular weight excluding hydrogens is 196 g/mol. The zero-order valence-electron chi connectivity index (χ0n) is 7.91. The Bertz CT molecular complexity index is 458. The van der Waals surface area contributed by atoms with E-state index in [2.05, 4.69) is 10.4 Å². The lowest BCUT2D eigenvalue weighted by Crippen LogP contribution is -2.98. The minimum atomic E-state index is -0.320. The second-order valence-corrected chi connectivity index (χ2v) is 3.53. The SMILES string of the molecule is NC1=N[NH+]([O-])c2cc3c(cc2N1)CCO3. The van der Waals surface area contributed by atoms with Crippen LogP contribution in [0.4, 0.5) is 11.4 Å². The third-order valence-corrected chi connectivity index (χ3v) is 2.54. The smallest absolute Gasteiger partial charge is 0.252 e. The highest BCUT2D eigenvalue weighted by molar-refractivity contribution is 5.95. The Morgan fingerprint density at radius 2 is 2.40 bits per heavy atom. The van der Waals surface area contributed by atoms with E-state index in [1.54, 1.807) is 6.07 Å². The van der Waals surface area contributed by atoms with Crippen LogP contribution < -0.4 is 21.0 Å². The molecule has 0 fully saturated rings. The van der Waals surface area contributed by atoms with Gasteiger partial charge in [-0.05, 0) is 11.2 Å². The van der Waals surface area contributed by atoms with Crippen molar-refractivity contribution in [3.05, 3.63) is 22.9 Å². The van der Waals surface area contributed by atoms with Gasteiger partial charge in [0, 0.05) is 18.1 Å². The standard InChI is InChI=1S/C9H10N4O2/c10-9-11-6-3-5-1-2-15-8(5)4-7(6)13(14)12-9/h3-4,13H,1-2H2,(H3,10,11,12). The summed E-state index contributed by atoms with van der Waals surface area (Å²) < 4.78 is 5.38. The number of ether oxygens (including phenoxy) is 1. The first-order chi connectivity index (χ1) is 7.24. The van der Waals surface area contributed by atoms with E-state index in [-0.39, 0.29) is 11.1 Å². The predicted octanol–water partition coefficient (Wildman–Crippen LogP) is -0.709. The van der Waals surface area contributed by atoms with Crippen molar-refractivity contribution >= 4 is 17.3 Å². The number of nitrogens with one attached hydrogen (secondary N) is 2. The number of rotatable bonds is 0. The van der Waals surface area contributed by atoms with Gasteiger partial charge in [0.05, 0.1) is 6.61 Å². The van der Waals surface area contributed by atoms with Crippen LogP contribution in [0.25, 0.3) is 0 Å². The third-order valence-electron chi connectivity index (χ3n) is 2.54. The monoisotopic (exact) mass is 206 g/mol. The van der Waals surface area contributed by atoms with E-state index >= 15 is 0 Å². The lowest BCUT2D eigenvalue weighted by Gasteiger charge is -2.23. The molecule has 6 nitrogen and oxygen atoms in total. The van der Waals surface area contributed by atoms with Gasteiger partial charge in [-0.2, -0.15) is 0 Å². The first-order valence-corrected chi connectivity index (χ1v) is 4.69. The van der Waals surface area contributed by atoms with Crippen LogP contribution in [0.3, 0.4) is 0 Å². The molecule has 1 atom stereocenters. The van der Waals surface area contributed by atoms with E-state index < -0.39 is 0 Å². The van der Waals surface area contributed by atoms with Crippen molar-refractivity contribution < 1.29 is 9.91 Å². The highest BCUT2D eigenvalue weighted by Crippen LogP contribution is 2.33. The van der Waals surface area contributed by atoms with Crippen LogP contribution in [0.2, 0.25) is 0 Å². The fraction of sp³-hybridized carbons (Fsp3) is 0.222. The van der Waals surface area contributed by atoms with E-state index in [0.717, 1.165) is 23.4 Å². The lowest BCUT2D eigenvalue weighted by molar-refractivity contribution is -0.783. The second-order valence-electron chi connectivity index (χ2n) is 3.53. The summed E-state index contributed by atoms with van der Waals surface area (Å²) in [6.45, 7) is 0.669. The average Bonchev–Trinajstić information content (AvgIpc) is 2.61. The fourth-order valence-corrected chi connectivity index (χ4v) is 1.84. The summed E-state index contributed by atoms with van der Waals surface area (Å²) in [7, 11) is 0. The molecule has 3 rings (SSSR count). The van der Waals surface area contributed by atoms with Crippen molar-refractivity contribution in [2.24, 2.45) is 10.8 Å². The average molecular weight is 206 g/mol. The van der Waals surface area contributed by atoms with Gasteiger partial charge in [0.25, 0.3) is 5.96 Å². The van der Waals surface area contributed by atoms with Crippen molar-refractivity contribution in [1.82, 2.24) is 0 Å². The van der Waals surface area contributed by atoms with Crippen LogP contribution in [-0.2, 0) is 6.42 Å². The molecule has 0 radical (unpaired) electrons.